The van der Waals surface area contributed by atoms with Gasteiger partial charge >= 0.3 is 23.9 Å². The Morgan fingerprint density at radius 2 is 1.24 bits per heavy atom. The monoisotopic (exact) mass is 330 g/mol. The van der Waals surface area contributed by atoms with Crippen LogP contribution in [0.25, 0.3) is 0 Å². The normalized spacial score (nSPS) is 15.5. The van der Waals surface area contributed by atoms with E-state index in [9.17, 15) is 39.5 Å². The van der Waals surface area contributed by atoms with Crippen LogP contribution >= 0.6 is 0 Å². The van der Waals surface area contributed by atoms with Crippen LogP contribution in [0.4, 0.5) is 39.5 Å². The summed E-state index contributed by atoms with van der Waals surface area (Å²) in [5, 5.41) is 0. The SMILES string of the molecule is CCC/C=C(\CCC)C(F)(F)C(F)(F)C(F)(F)C(F)(F)F. The molecular formula is C12H15F9. The Morgan fingerprint density at radius 3 is 1.57 bits per heavy atom. The molecule has 0 unspecified atom stereocenters. The van der Waals surface area contributed by atoms with Gasteiger partial charge in [0.25, 0.3) is 0 Å². The minimum atomic E-state index is -6.83. The van der Waals surface area contributed by atoms with Crippen LogP contribution < -0.4 is 0 Å². The summed E-state index contributed by atoms with van der Waals surface area (Å²) < 4.78 is 115. The van der Waals surface area contributed by atoms with Gasteiger partial charge in [0.2, 0.25) is 0 Å². The molecule has 126 valence electrons. The highest BCUT2D eigenvalue weighted by Crippen LogP contribution is 2.55. The Labute approximate surface area is 116 Å². The molecule has 0 rings (SSSR count). The second-order valence-electron chi connectivity index (χ2n) is 4.49. The molecule has 0 aromatic carbocycles. The second kappa shape index (κ2) is 6.48. The Hall–Kier alpha value is -0.890. The zero-order valence-electron chi connectivity index (χ0n) is 11.3. The van der Waals surface area contributed by atoms with Crippen molar-refractivity contribution in [2.24, 2.45) is 0 Å². The molecule has 0 aliphatic carbocycles. The van der Waals surface area contributed by atoms with E-state index in [4.69, 9.17) is 0 Å². The van der Waals surface area contributed by atoms with Gasteiger partial charge in [0.1, 0.15) is 0 Å². The van der Waals surface area contributed by atoms with Crippen molar-refractivity contribution in [3.8, 4) is 0 Å². The molecule has 0 aromatic rings. The summed E-state index contributed by atoms with van der Waals surface area (Å²) in [5.41, 5.74) is -1.40. The molecular weight excluding hydrogens is 315 g/mol. The molecule has 0 fully saturated rings. The molecule has 0 amide bonds. The Morgan fingerprint density at radius 1 is 0.762 bits per heavy atom. The number of rotatable bonds is 7. The van der Waals surface area contributed by atoms with Crippen LogP contribution in [-0.2, 0) is 0 Å². The first-order chi connectivity index (χ1) is 9.27. The molecule has 0 aliphatic heterocycles. The van der Waals surface area contributed by atoms with E-state index in [1.807, 2.05) is 0 Å². The van der Waals surface area contributed by atoms with Gasteiger partial charge in [0.15, 0.2) is 0 Å². The summed E-state index contributed by atoms with van der Waals surface area (Å²) >= 11 is 0. The maximum absolute atomic E-state index is 13.6. The van der Waals surface area contributed by atoms with Crippen molar-refractivity contribution in [3.05, 3.63) is 11.6 Å². The minimum Gasteiger partial charge on any atom is -0.194 e. The molecule has 0 atom stereocenters. The van der Waals surface area contributed by atoms with Crippen LogP contribution in [0, 0.1) is 0 Å². The van der Waals surface area contributed by atoms with Gasteiger partial charge < -0.3 is 0 Å². The third-order valence-corrected chi connectivity index (χ3v) is 2.75. The van der Waals surface area contributed by atoms with Crippen molar-refractivity contribution in [1.29, 1.82) is 0 Å². The maximum atomic E-state index is 13.6. The third kappa shape index (κ3) is 3.66. The average molecular weight is 330 g/mol. The molecule has 0 spiro atoms. The number of alkyl halides is 9. The van der Waals surface area contributed by atoms with Crippen molar-refractivity contribution < 1.29 is 39.5 Å². The van der Waals surface area contributed by atoms with Gasteiger partial charge in [0, 0.05) is 5.57 Å². The molecule has 21 heavy (non-hydrogen) atoms. The standard InChI is InChI=1S/C12H15F9/c1-3-5-7-8(6-4-2)9(13,14)10(15,16)11(17,18)12(19,20)21/h7H,3-6H2,1-2H3/b8-7+. The maximum Gasteiger partial charge on any atom is 0.460 e. The molecule has 0 heterocycles. The topological polar surface area (TPSA) is 0 Å². The lowest BCUT2D eigenvalue weighted by Gasteiger charge is -2.35. The van der Waals surface area contributed by atoms with Crippen molar-refractivity contribution in [2.75, 3.05) is 0 Å². The quantitative estimate of drug-likeness (QED) is 0.398. The number of hydrogen-bond acceptors (Lipinski definition) is 0. The van der Waals surface area contributed by atoms with Gasteiger partial charge in [-0.2, -0.15) is 39.5 Å². The van der Waals surface area contributed by atoms with Crippen molar-refractivity contribution in [2.45, 2.75) is 63.5 Å². The largest absolute Gasteiger partial charge is 0.460 e. The van der Waals surface area contributed by atoms with E-state index < -0.39 is 35.9 Å². The molecule has 0 saturated carbocycles. The van der Waals surface area contributed by atoms with Gasteiger partial charge in [-0.1, -0.05) is 32.8 Å². The molecule has 0 aromatic heterocycles. The third-order valence-electron chi connectivity index (χ3n) is 2.75. The number of halogens is 9. The van der Waals surface area contributed by atoms with Crippen LogP contribution in [-0.4, -0.2) is 23.9 Å². The van der Waals surface area contributed by atoms with Crippen LogP contribution in [0.1, 0.15) is 39.5 Å². The van der Waals surface area contributed by atoms with E-state index in [1.54, 1.807) is 0 Å². The fraction of sp³-hybridized carbons (Fsp3) is 0.833. The highest BCUT2D eigenvalue weighted by atomic mass is 19.4. The first kappa shape index (κ1) is 20.1. The first-order valence-corrected chi connectivity index (χ1v) is 6.17. The number of hydrogen-bond donors (Lipinski definition) is 0. The summed E-state index contributed by atoms with van der Waals surface area (Å²) in [7, 11) is 0. The lowest BCUT2D eigenvalue weighted by atomic mass is 9.93. The fourth-order valence-electron chi connectivity index (χ4n) is 1.55. The average Bonchev–Trinajstić information content (AvgIpc) is 2.32. The Bertz CT molecular complexity index is 365. The van der Waals surface area contributed by atoms with Gasteiger partial charge in [-0.25, -0.2) is 0 Å². The van der Waals surface area contributed by atoms with E-state index in [0.29, 0.717) is 6.08 Å². The van der Waals surface area contributed by atoms with Crippen LogP contribution in [0.5, 0.6) is 0 Å². The molecule has 9 heteroatoms. The smallest absolute Gasteiger partial charge is 0.194 e. The van der Waals surface area contributed by atoms with Crippen molar-refractivity contribution in [1.82, 2.24) is 0 Å². The Balaban J connectivity index is 5.83. The van der Waals surface area contributed by atoms with Gasteiger partial charge in [0.05, 0.1) is 0 Å². The summed E-state index contributed by atoms with van der Waals surface area (Å²) in [6, 6.07) is 0. The predicted molar refractivity (Wildman–Crippen MR) is 58.8 cm³/mol. The fourth-order valence-corrected chi connectivity index (χ4v) is 1.55. The lowest BCUT2D eigenvalue weighted by Crippen LogP contribution is -2.61. The van der Waals surface area contributed by atoms with Gasteiger partial charge in [-0.15, -0.1) is 0 Å². The number of allylic oxidation sites excluding steroid dienone is 2. The van der Waals surface area contributed by atoms with Gasteiger partial charge in [-0.05, 0) is 12.8 Å². The van der Waals surface area contributed by atoms with E-state index in [2.05, 4.69) is 0 Å². The van der Waals surface area contributed by atoms with Crippen molar-refractivity contribution in [3.63, 3.8) is 0 Å². The van der Waals surface area contributed by atoms with Crippen LogP contribution in [0.2, 0.25) is 0 Å². The van der Waals surface area contributed by atoms with E-state index in [0.717, 1.165) is 0 Å². The molecule has 0 N–H and O–H groups in total. The molecule has 0 nitrogen and oxygen atoms in total. The predicted octanol–water partition coefficient (Wildman–Crippen LogP) is 5.98. The highest BCUT2D eigenvalue weighted by molar-refractivity contribution is 5.21. The van der Waals surface area contributed by atoms with Crippen LogP contribution in [0.15, 0.2) is 11.6 Å². The lowest BCUT2D eigenvalue weighted by molar-refractivity contribution is -0.390. The van der Waals surface area contributed by atoms with Crippen molar-refractivity contribution >= 4 is 0 Å². The highest BCUT2D eigenvalue weighted by Gasteiger charge is 2.82. The van der Waals surface area contributed by atoms with Gasteiger partial charge in [-0.3, -0.25) is 0 Å². The molecule has 0 saturated heterocycles. The molecule has 0 radical (unpaired) electrons. The Kier molecular flexibility index (Phi) is 6.20. The first-order valence-electron chi connectivity index (χ1n) is 6.17. The molecule has 0 aliphatic rings. The zero-order chi connectivity index (χ0) is 17.1. The minimum absolute atomic E-state index is 0.0984. The summed E-state index contributed by atoms with van der Waals surface area (Å²) in [6.45, 7) is 2.83. The second-order valence-corrected chi connectivity index (χ2v) is 4.49. The summed E-state index contributed by atoms with van der Waals surface area (Å²) in [5.74, 6) is -19.0. The number of unbranched alkanes of at least 4 members (excludes halogenated alkanes) is 1. The summed E-state index contributed by atoms with van der Waals surface area (Å²) in [4.78, 5) is 0. The molecule has 0 bridgehead atoms. The summed E-state index contributed by atoms with van der Waals surface area (Å²) in [6.07, 6.45) is -6.84. The van der Waals surface area contributed by atoms with E-state index in [-0.39, 0.29) is 19.3 Å². The zero-order valence-corrected chi connectivity index (χ0v) is 11.3. The van der Waals surface area contributed by atoms with E-state index in [1.165, 1.54) is 13.8 Å². The van der Waals surface area contributed by atoms with E-state index >= 15 is 0 Å². The van der Waals surface area contributed by atoms with Crippen LogP contribution in [0.3, 0.4) is 0 Å².